The molecule has 5 heteroatoms. The molecule has 0 aromatic carbocycles. The van der Waals surface area contributed by atoms with Gasteiger partial charge < -0.3 is 10.3 Å². The lowest BCUT2D eigenvalue weighted by molar-refractivity contribution is 0.412. The smallest absolute Gasteiger partial charge is 0.258 e. The second kappa shape index (κ2) is 4.25. The Kier molecular flexibility index (Phi) is 2.60. The third-order valence-electron chi connectivity index (χ3n) is 3.27. The number of pyridine rings is 1. The van der Waals surface area contributed by atoms with Gasteiger partial charge in [-0.25, -0.2) is 0 Å². The minimum absolute atomic E-state index is 0.165. The maximum atomic E-state index is 6.03. The lowest BCUT2D eigenvalue weighted by Crippen LogP contribution is -2.23. The molecule has 2 atom stereocenters. The monoisotopic (exact) mass is 230 g/mol. The summed E-state index contributed by atoms with van der Waals surface area (Å²) in [5, 5.41) is 4.04. The van der Waals surface area contributed by atoms with Crippen LogP contribution in [-0.4, -0.2) is 21.2 Å². The zero-order chi connectivity index (χ0) is 11.7. The van der Waals surface area contributed by atoms with Gasteiger partial charge in [0.05, 0.1) is 0 Å². The fourth-order valence-electron chi connectivity index (χ4n) is 2.31. The zero-order valence-electron chi connectivity index (χ0n) is 9.41. The van der Waals surface area contributed by atoms with Gasteiger partial charge >= 0.3 is 0 Å². The average molecular weight is 230 g/mol. The van der Waals surface area contributed by atoms with Crippen molar-refractivity contribution in [2.75, 3.05) is 0 Å². The highest BCUT2D eigenvalue weighted by Gasteiger charge is 2.29. The van der Waals surface area contributed by atoms with Gasteiger partial charge in [-0.3, -0.25) is 4.98 Å². The van der Waals surface area contributed by atoms with Crippen LogP contribution in [0.4, 0.5) is 0 Å². The molecule has 0 spiro atoms. The molecule has 2 aromatic rings. The Morgan fingerprint density at radius 1 is 1.24 bits per heavy atom. The molecule has 1 aliphatic rings. The van der Waals surface area contributed by atoms with Crippen LogP contribution in [0.15, 0.2) is 29.0 Å². The summed E-state index contributed by atoms with van der Waals surface area (Å²) in [5.41, 5.74) is 6.92. The van der Waals surface area contributed by atoms with Gasteiger partial charge in [0, 0.05) is 29.9 Å². The quantitative estimate of drug-likeness (QED) is 0.850. The number of nitrogens with two attached hydrogens (primary N) is 1. The number of nitrogens with zero attached hydrogens (tertiary/aromatic N) is 3. The van der Waals surface area contributed by atoms with Gasteiger partial charge in [0.25, 0.3) is 5.89 Å². The maximum absolute atomic E-state index is 6.03. The van der Waals surface area contributed by atoms with Crippen LogP contribution in [0.3, 0.4) is 0 Å². The van der Waals surface area contributed by atoms with E-state index in [0.29, 0.717) is 5.89 Å². The summed E-state index contributed by atoms with van der Waals surface area (Å²) in [6, 6.07) is 3.87. The second-order valence-corrected chi connectivity index (χ2v) is 4.39. The summed E-state index contributed by atoms with van der Waals surface area (Å²) in [6.07, 6.45) is 6.66. The molecule has 0 bridgehead atoms. The third kappa shape index (κ3) is 1.93. The zero-order valence-corrected chi connectivity index (χ0v) is 9.41. The Morgan fingerprint density at radius 3 is 2.76 bits per heavy atom. The topological polar surface area (TPSA) is 77.8 Å². The van der Waals surface area contributed by atoms with Gasteiger partial charge in [0.1, 0.15) is 0 Å². The number of hydrogen-bond acceptors (Lipinski definition) is 5. The normalized spacial score (nSPS) is 24.1. The molecule has 0 aliphatic heterocycles. The van der Waals surface area contributed by atoms with Crippen molar-refractivity contribution in [1.82, 2.24) is 15.1 Å². The summed E-state index contributed by atoms with van der Waals surface area (Å²) in [4.78, 5) is 8.38. The third-order valence-corrected chi connectivity index (χ3v) is 3.27. The minimum Gasteiger partial charge on any atom is -0.334 e. The van der Waals surface area contributed by atoms with Crippen LogP contribution in [0.25, 0.3) is 11.5 Å². The van der Waals surface area contributed by atoms with E-state index in [1.807, 2.05) is 12.1 Å². The van der Waals surface area contributed by atoms with Crippen molar-refractivity contribution in [2.45, 2.75) is 31.2 Å². The molecule has 88 valence electrons. The minimum atomic E-state index is 0.165. The van der Waals surface area contributed by atoms with Crippen molar-refractivity contribution in [3.8, 4) is 11.5 Å². The molecule has 0 saturated heterocycles. The summed E-state index contributed by atoms with van der Waals surface area (Å²) < 4.78 is 5.27. The number of aromatic nitrogens is 3. The first kappa shape index (κ1) is 10.4. The van der Waals surface area contributed by atoms with Crippen LogP contribution in [0, 0.1) is 0 Å². The molecule has 0 radical (unpaired) electrons. The van der Waals surface area contributed by atoms with Gasteiger partial charge in [0.15, 0.2) is 5.82 Å². The molecular weight excluding hydrogens is 216 g/mol. The fraction of sp³-hybridized carbons (Fsp3) is 0.417. The van der Waals surface area contributed by atoms with Gasteiger partial charge in [-0.1, -0.05) is 11.6 Å². The van der Waals surface area contributed by atoms with Crippen LogP contribution in [0.2, 0.25) is 0 Å². The van der Waals surface area contributed by atoms with E-state index in [4.69, 9.17) is 10.3 Å². The largest absolute Gasteiger partial charge is 0.334 e. The molecule has 2 aromatic heterocycles. The lowest BCUT2D eigenvalue weighted by atomic mass is 10.0. The SMILES string of the molecule is N[C@H]1CCC[C@H]1c1noc(-c2ccncc2)n1. The molecule has 3 rings (SSSR count). The van der Waals surface area contributed by atoms with Crippen LogP contribution >= 0.6 is 0 Å². The molecule has 1 saturated carbocycles. The van der Waals surface area contributed by atoms with Crippen molar-refractivity contribution < 1.29 is 4.52 Å². The average Bonchev–Trinajstić information content (AvgIpc) is 2.98. The van der Waals surface area contributed by atoms with Crippen molar-refractivity contribution in [3.63, 3.8) is 0 Å². The maximum Gasteiger partial charge on any atom is 0.258 e. The van der Waals surface area contributed by atoms with E-state index in [1.165, 1.54) is 0 Å². The fourth-order valence-corrected chi connectivity index (χ4v) is 2.31. The van der Waals surface area contributed by atoms with Crippen LogP contribution in [-0.2, 0) is 0 Å². The Hall–Kier alpha value is -1.75. The first-order valence-corrected chi connectivity index (χ1v) is 5.84. The van der Waals surface area contributed by atoms with Crippen LogP contribution in [0.5, 0.6) is 0 Å². The molecule has 1 aliphatic carbocycles. The number of rotatable bonds is 2. The molecular formula is C12H14N4O. The van der Waals surface area contributed by atoms with Crippen molar-refractivity contribution in [3.05, 3.63) is 30.4 Å². The van der Waals surface area contributed by atoms with Crippen molar-refractivity contribution >= 4 is 0 Å². The Balaban J connectivity index is 1.88. The molecule has 1 fully saturated rings. The Bertz CT molecular complexity index is 496. The number of hydrogen-bond donors (Lipinski definition) is 1. The first-order valence-electron chi connectivity index (χ1n) is 5.84. The molecule has 5 nitrogen and oxygen atoms in total. The van der Waals surface area contributed by atoms with E-state index >= 15 is 0 Å². The van der Waals surface area contributed by atoms with E-state index in [1.54, 1.807) is 12.4 Å². The van der Waals surface area contributed by atoms with Gasteiger partial charge in [-0.05, 0) is 25.0 Å². The molecule has 0 unspecified atom stereocenters. The highest BCUT2D eigenvalue weighted by molar-refractivity contribution is 5.51. The van der Waals surface area contributed by atoms with E-state index in [-0.39, 0.29) is 12.0 Å². The molecule has 0 amide bonds. The molecule has 2 heterocycles. The van der Waals surface area contributed by atoms with Crippen LogP contribution < -0.4 is 5.73 Å². The lowest BCUT2D eigenvalue weighted by Gasteiger charge is -2.09. The first-order chi connectivity index (χ1) is 8.34. The molecule has 2 N–H and O–H groups in total. The van der Waals surface area contributed by atoms with Crippen LogP contribution in [0.1, 0.15) is 31.0 Å². The van der Waals surface area contributed by atoms with Gasteiger partial charge in [0.2, 0.25) is 0 Å². The Morgan fingerprint density at radius 2 is 2.06 bits per heavy atom. The summed E-state index contributed by atoms with van der Waals surface area (Å²) in [7, 11) is 0. The van der Waals surface area contributed by atoms with Crippen molar-refractivity contribution in [2.24, 2.45) is 5.73 Å². The Labute approximate surface area is 99.1 Å². The van der Waals surface area contributed by atoms with E-state index in [2.05, 4.69) is 15.1 Å². The van der Waals surface area contributed by atoms with E-state index in [9.17, 15) is 0 Å². The standard InChI is InChI=1S/C12H14N4O/c13-10-3-1-2-9(10)11-15-12(17-16-11)8-4-6-14-7-5-8/h4-7,9-10H,1-3,13H2/t9-,10+/m1/s1. The summed E-state index contributed by atoms with van der Waals surface area (Å²) >= 11 is 0. The highest BCUT2D eigenvalue weighted by atomic mass is 16.5. The summed E-state index contributed by atoms with van der Waals surface area (Å²) in [5.74, 6) is 1.53. The van der Waals surface area contributed by atoms with Gasteiger partial charge in [-0.15, -0.1) is 0 Å². The predicted octanol–water partition coefficient (Wildman–Crippen LogP) is 1.73. The van der Waals surface area contributed by atoms with Crippen molar-refractivity contribution in [1.29, 1.82) is 0 Å². The second-order valence-electron chi connectivity index (χ2n) is 4.39. The summed E-state index contributed by atoms with van der Waals surface area (Å²) in [6.45, 7) is 0. The highest BCUT2D eigenvalue weighted by Crippen LogP contribution is 2.32. The van der Waals surface area contributed by atoms with E-state index < -0.39 is 0 Å². The van der Waals surface area contributed by atoms with Gasteiger partial charge in [-0.2, -0.15) is 4.98 Å². The predicted molar refractivity (Wildman–Crippen MR) is 62.1 cm³/mol. The van der Waals surface area contributed by atoms with E-state index in [0.717, 1.165) is 30.7 Å². The molecule has 17 heavy (non-hydrogen) atoms.